The Kier molecular flexibility index (Phi) is 90.1. The Morgan fingerprint density at radius 1 is 1.25 bits per heavy atom. The zero-order chi connectivity index (χ0) is 3.58. The van der Waals surface area contributed by atoms with Gasteiger partial charge in [-0.2, -0.15) is 0 Å². The van der Waals surface area contributed by atoms with Gasteiger partial charge in [0.2, 0.25) is 0 Å². The van der Waals surface area contributed by atoms with Crippen LogP contribution in [0.25, 0.3) is 0 Å². The van der Waals surface area contributed by atoms with Crippen LogP contribution in [-0.4, -0.2) is 66.9 Å². The second-order valence-electron chi connectivity index (χ2n) is 0.250. The molecule has 0 bridgehead atoms. The normalized spacial score (nSPS) is 3.00. The van der Waals surface area contributed by atoms with Gasteiger partial charge in [0, 0.05) is 34.1 Å². The molecule has 0 N–H and O–H groups in total. The standard InChI is InChI=1S/CH2O3.Ca.Fe.Mg.Mn.2H/c2-1(3)4;;;;;;/h(H2,2,3,4);;;;;;/q;+2;;;;;/p-2. The van der Waals surface area contributed by atoms with Crippen LogP contribution >= 0.6 is 0 Å². The Morgan fingerprint density at radius 3 is 1.25 bits per heavy atom. The minimum Gasteiger partial charge on any atom is -0.652 e. The first-order valence-electron chi connectivity index (χ1n) is 0.612. The van der Waals surface area contributed by atoms with Gasteiger partial charge in [0.1, 0.15) is 0 Å². The summed E-state index contributed by atoms with van der Waals surface area (Å²) < 4.78 is 0. The predicted octanol–water partition coefficient (Wildman–Crippen LogP) is -3.75. The van der Waals surface area contributed by atoms with E-state index in [0.29, 0.717) is 0 Å². The van der Waals surface area contributed by atoms with Gasteiger partial charge in [0.15, 0.2) is 0 Å². The third-order valence-electron chi connectivity index (χ3n) is 0. The van der Waals surface area contributed by atoms with Crippen LogP contribution < -0.4 is 10.2 Å². The average Bonchev–Trinajstić information content (AvgIpc) is 0.811. The molecule has 0 aromatic carbocycles. The first kappa shape index (κ1) is 31.6. The van der Waals surface area contributed by atoms with Gasteiger partial charge in [-0.1, -0.05) is 0 Å². The summed E-state index contributed by atoms with van der Waals surface area (Å²) in [6.45, 7) is 0. The van der Waals surface area contributed by atoms with Crippen molar-refractivity contribution in [2.75, 3.05) is 0 Å². The molecule has 0 rings (SSSR count). The van der Waals surface area contributed by atoms with Crippen LogP contribution in [0.3, 0.4) is 0 Å². The first-order chi connectivity index (χ1) is 1.73. The van der Waals surface area contributed by atoms with Gasteiger partial charge in [-0.3, -0.25) is 0 Å². The van der Waals surface area contributed by atoms with Crippen molar-refractivity contribution in [1.82, 2.24) is 0 Å². The van der Waals surface area contributed by atoms with Gasteiger partial charge in [0.25, 0.3) is 0 Å². The summed E-state index contributed by atoms with van der Waals surface area (Å²) in [6.07, 6.45) is -2.33. The molecule has 0 unspecified atom stereocenters. The molecule has 0 aromatic heterocycles. The monoisotopic (exact) mass is 237 g/mol. The van der Waals surface area contributed by atoms with Crippen LogP contribution in [-0.2, 0) is 34.1 Å². The zero-order valence-corrected chi connectivity index (χ0v) is 7.66. The van der Waals surface area contributed by atoms with E-state index in [-0.39, 0.29) is 94.9 Å². The van der Waals surface area contributed by atoms with Crippen molar-refractivity contribution in [2.24, 2.45) is 0 Å². The van der Waals surface area contributed by atoms with E-state index in [2.05, 4.69) is 0 Å². The smallest absolute Gasteiger partial charge is 0.652 e. The number of rotatable bonds is 0. The van der Waals surface area contributed by atoms with E-state index in [9.17, 15) is 0 Å². The number of hydrogen-bond donors (Lipinski definition) is 0. The molecule has 0 aliphatic heterocycles. The van der Waals surface area contributed by atoms with Crippen LogP contribution in [0.15, 0.2) is 0 Å². The molecule has 0 saturated heterocycles. The summed E-state index contributed by atoms with van der Waals surface area (Å²) >= 11 is 0. The fourth-order valence-corrected chi connectivity index (χ4v) is 0. The maximum Gasteiger partial charge on any atom is 2.00 e. The van der Waals surface area contributed by atoms with Crippen molar-refractivity contribution in [1.29, 1.82) is 0 Å². The summed E-state index contributed by atoms with van der Waals surface area (Å²) in [7, 11) is 0. The van der Waals surface area contributed by atoms with Gasteiger partial charge in [-0.15, -0.1) is 0 Å². The van der Waals surface area contributed by atoms with E-state index in [1.54, 1.807) is 0 Å². The van der Waals surface area contributed by atoms with Crippen molar-refractivity contribution in [3.8, 4) is 0 Å². The van der Waals surface area contributed by atoms with Gasteiger partial charge in [0.05, 0.1) is 0 Å². The topological polar surface area (TPSA) is 63.2 Å². The third kappa shape index (κ3) is 82.3. The van der Waals surface area contributed by atoms with E-state index in [1.807, 2.05) is 0 Å². The Bertz CT molecular complexity index is 42.3. The number of carboxylic acid groups (broad SMARTS) is 2. The Hall–Kier alpha value is 2.33. The van der Waals surface area contributed by atoms with Crippen LogP contribution in [0.4, 0.5) is 4.79 Å². The number of carbonyl (C=O) groups excluding carboxylic acids is 1. The fraction of sp³-hybridized carbons (Fsp3) is 0. The second kappa shape index (κ2) is 22.8. The van der Waals surface area contributed by atoms with Crippen molar-refractivity contribution in [3.63, 3.8) is 0 Å². The molecule has 1 radical (unpaired) electrons. The van der Waals surface area contributed by atoms with Crippen molar-refractivity contribution in [2.45, 2.75) is 0 Å². The van der Waals surface area contributed by atoms with Crippen LogP contribution in [0.1, 0.15) is 0 Å². The molecular formula is CH2CaFeMgMnO3. The van der Waals surface area contributed by atoms with Crippen molar-refractivity contribution in [3.05, 3.63) is 0 Å². The van der Waals surface area contributed by atoms with E-state index in [4.69, 9.17) is 15.0 Å². The predicted molar refractivity (Wildman–Crippen MR) is 19.7 cm³/mol. The largest absolute Gasteiger partial charge is 2.00 e. The molecule has 0 heterocycles. The second-order valence-corrected chi connectivity index (χ2v) is 0.250. The number of carbonyl (C=O) groups is 1. The summed E-state index contributed by atoms with van der Waals surface area (Å²) in [5.74, 6) is 0. The molecule has 0 atom stereocenters. The van der Waals surface area contributed by atoms with Gasteiger partial charge >= 0.3 is 60.8 Å². The molecule has 0 saturated carbocycles. The molecule has 0 aromatic rings. The summed E-state index contributed by atoms with van der Waals surface area (Å²) in [5.41, 5.74) is 0. The molecule has 7 heteroatoms. The minimum atomic E-state index is -2.33. The molecular weight excluding hydrogens is 235 g/mol. The maximum absolute atomic E-state index is 8.33. The van der Waals surface area contributed by atoms with E-state index >= 15 is 0 Å². The molecule has 0 fully saturated rings. The van der Waals surface area contributed by atoms with E-state index < -0.39 is 6.16 Å². The van der Waals surface area contributed by atoms with Crippen molar-refractivity contribution >= 4 is 66.9 Å². The first-order valence-corrected chi connectivity index (χ1v) is 0.612. The average molecular weight is 237 g/mol. The summed E-state index contributed by atoms with van der Waals surface area (Å²) in [4.78, 5) is 8.33. The van der Waals surface area contributed by atoms with Crippen LogP contribution in [0.5, 0.6) is 0 Å². The molecule has 0 amide bonds. The Balaban J connectivity index is -0.00000000750. The molecule has 0 spiro atoms. The molecule has 3 nitrogen and oxygen atoms in total. The third-order valence-corrected chi connectivity index (χ3v) is 0. The Labute approximate surface area is 114 Å². The zero-order valence-electron chi connectivity index (χ0n) is 3.16. The fourth-order valence-electron chi connectivity index (χ4n) is 0. The Morgan fingerprint density at radius 2 is 1.25 bits per heavy atom. The van der Waals surface area contributed by atoms with Crippen LogP contribution in [0, 0.1) is 0 Å². The molecule has 43 valence electrons. The van der Waals surface area contributed by atoms with Gasteiger partial charge in [-0.25, -0.2) is 0 Å². The van der Waals surface area contributed by atoms with Crippen molar-refractivity contribution < 1.29 is 49.1 Å². The van der Waals surface area contributed by atoms with E-state index in [0.717, 1.165) is 0 Å². The van der Waals surface area contributed by atoms with Gasteiger partial charge < -0.3 is 15.0 Å². The summed E-state index contributed by atoms with van der Waals surface area (Å²) in [5, 5.41) is 16.7. The quantitative estimate of drug-likeness (QED) is 0.407. The summed E-state index contributed by atoms with van der Waals surface area (Å²) in [6, 6.07) is 0. The van der Waals surface area contributed by atoms with E-state index in [1.165, 1.54) is 0 Å². The molecule has 0 aliphatic rings. The maximum atomic E-state index is 8.33. The van der Waals surface area contributed by atoms with Gasteiger partial charge in [-0.05, 0) is 6.16 Å². The molecule has 0 aliphatic carbocycles. The SMILES string of the molecule is O=C([O-])[O-].[Ca+2].[Fe].[MgH2].[Mn]. The molecule has 8 heavy (non-hydrogen) atoms. The minimum absolute atomic E-state index is 0. The van der Waals surface area contributed by atoms with Crippen LogP contribution in [0.2, 0.25) is 0 Å². The number of hydrogen-bond acceptors (Lipinski definition) is 3.